The second kappa shape index (κ2) is 7.29. The fourth-order valence-corrected chi connectivity index (χ4v) is 2.54. The molecule has 0 aliphatic carbocycles. The van der Waals surface area contributed by atoms with Crippen LogP contribution in [-0.2, 0) is 4.74 Å². The maximum absolute atomic E-state index is 6.23. The molecular weight excluding hydrogens is 198 g/mol. The molecule has 2 nitrogen and oxygen atoms in total. The summed E-state index contributed by atoms with van der Waals surface area (Å²) in [6, 6.07) is 0.237. The molecule has 96 valence electrons. The highest BCUT2D eigenvalue weighted by molar-refractivity contribution is 4.90. The molecule has 1 aliphatic rings. The molecule has 0 radical (unpaired) electrons. The summed E-state index contributed by atoms with van der Waals surface area (Å²) in [6.07, 6.45) is 11.5. The van der Waals surface area contributed by atoms with Crippen LogP contribution in [0.5, 0.6) is 0 Å². The van der Waals surface area contributed by atoms with E-state index in [1.165, 1.54) is 44.9 Å². The summed E-state index contributed by atoms with van der Waals surface area (Å²) in [5, 5.41) is 0. The molecule has 1 fully saturated rings. The number of unbranched alkanes of at least 4 members (excludes halogenated alkanes) is 5. The van der Waals surface area contributed by atoms with E-state index >= 15 is 0 Å². The van der Waals surface area contributed by atoms with E-state index in [2.05, 4.69) is 13.8 Å². The molecule has 2 N–H and O–H groups in total. The van der Waals surface area contributed by atoms with Crippen LogP contribution in [-0.4, -0.2) is 18.2 Å². The number of rotatable bonds is 8. The van der Waals surface area contributed by atoms with E-state index in [1.807, 2.05) is 0 Å². The van der Waals surface area contributed by atoms with Gasteiger partial charge in [-0.1, -0.05) is 45.4 Å². The van der Waals surface area contributed by atoms with Crippen molar-refractivity contribution in [3.8, 4) is 0 Å². The molecule has 1 saturated heterocycles. The Balaban J connectivity index is 2.03. The predicted octanol–water partition coefficient (Wildman–Crippen LogP) is 3.63. The van der Waals surface area contributed by atoms with Crippen LogP contribution in [0.4, 0.5) is 0 Å². The first-order valence-electron chi connectivity index (χ1n) is 7.08. The van der Waals surface area contributed by atoms with Crippen molar-refractivity contribution in [3.63, 3.8) is 0 Å². The quantitative estimate of drug-likeness (QED) is 0.643. The largest absolute Gasteiger partial charge is 0.374 e. The van der Waals surface area contributed by atoms with Gasteiger partial charge in [0.15, 0.2) is 0 Å². The van der Waals surface area contributed by atoms with Crippen LogP contribution in [0.1, 0.15) is 71.6 Å². The molecule has 1 rings (SSSR count). The molecule has 1 heterocycles. The highest BCUT2D eigenvalue weighted by Crippen LogP contribution is 2.29. The van der Waals surface area contributed by atoms with Gasteiger partial charge in [-0.3, -0.25) is 0 Å². The summed E-state index contributed by atoms with van der Waals surface area (Å²) in [4.78, 5) is 0. The highest BCUT2D eigenvalue weighted by Gasteiger charge is 2.35. The Morgan fingerprint density at radius 2 is 1.88 bits per heavy atom. The molecule has 0 saturated carbocycles. The fraction of sp³-hybridized carbons (Fsp3) is 1.00. The van der Waals surface area contributed by atoms with Gasteiger partial charge in [0.2, 0.25) is 0 Å². The Kier molecular flexibility index (Phi) is 6.37. The Morgan fingerprint density at radius 1 is 1.19 bits per heavy atom. The average Bonchev–Trinajstić information content (AvgIpc) is 2.71. The molecule has 0 aromatic rings. The third-order valence-electron chi connectivity index (χ3n) is 3.90. The number of nitrogens with two attached hydrogens (primary N) is 1. The lowest BCUT2D eigenvalue weighted by molar-refractivity contribution is -0.00364. The number of hydrogen-bond acceptors (Lipinski definition) is 2. The lowest BCUT2D eigenvalue weighted by atomic mass is 9.90. The van der Waals surface area contributed by atoms with Crippen molar-refractivity contribution >= 4 is 0 Å². The van der Waals surface area contributed by atoms with Crippen molar-refractivity contribution in [1.29, 1.82) is 0 Å². The summed E-state index contributed by atoms with van der Waals surface area (Å²) in [6.45, 7) is 5.34. The van der Waals surface area contributed by atoms with E-state index in [0.717, 1.165) is 19.4 Å². The van der Waals surface area contributed by atoms with E-state index in [9.17, 15) is 0 Å². The number of hydrogen-bond donors (Lipinski definition) is 1. The van der Waals surface area contributed by atoms with Crippen LogP contribution in [0, 0.1) is 0 Å². The van der Waals surface area contributed by atoms with Gasteiger partial charge in [-0.2, -0.15) is 0 Å². The second-order valence-corrected chi connectivity index (χ2v) is 5.43. The maximum atomic E-state index is 6.23. The molecule has 0 bridgehead atoms. The first kappa shape index (κ1) is 14.0. The molecule has 0 spiro atoms. The third kappa shape index (κ3) is 4.42. The lowest BCUT2D eigenvalue weighted by Crippen LogP contribution is -2.44. The predicted molar refractivity (Wildman–Crippen MR) is 69.6 cm³/mol. The Labute approximate surface area is 101 Å². The first-order chi connectivity index (χ1) is 7.69. The van der Waals surface area contributed by atoms with Crippen LogP contribution < -0.4 is 5.73 Å². The minimum Gasteiger partial charge on any atom is -0.374 e. The monoisotopic (exact) mass is 227 g/mol. The second-order valence-electron chi connectivity index (χ2n) is 5.43. The smallest absolute Gasteiger partial charge is 0.0805 e. The van der Waals surface area contributed by atoms with Crippen molar-refractivity contribution in [3.05, 3.63) is 0 Å². The van der Waals surface area contributed by atoms with Gasteiger partial charge in [0.05, 0.1) is 5.60 Å². The van der Waals surface area contributed by atoms with E-state index in [-0.39, 0.29) is 11.6 Å². The SMILES string of the molecule is CCCCCCCCC(N)C1(C)CCCO1. The van der Waals surface area contributed by atoms with Crippen LogP contribution >= 0.6 is 0 Å². The van der Waals surface area contributed by atoms with Gasteiger partial charge in [0.25, 0.3) is 0 Å². The maximum Gasteiger partial charge on any atom is 0.0805 e. The standard InChI is InChI=1S/C14H29NO/c1-3-4-5-6-7-8-10-13(15)14(2)11-9-12-16-14/h13H,3-12,15H2,1-2H3. The summed E-state index contributed by atoms with van der Waals surface area (Å²) in [7, 11) is 0. The van der Waals surface area contributed by atoms with Crippen LogP contribution in [0.25, 0.3) is 0 Å². The Morgan fingerprint density at radius 3 is 2.50 bits per heavy atom. The number of ether oxygens (including phenoxy) is 1. The molecule has 2 atom stereocenters. The van der Waals surface area contributed by atoms with Crippen molar-refractivity contribution in [2.75, 3.05) is 6.61 Å². The fourth-order valence-electron chi connectivity index (χ4n) is 2.54. The van der Waals surface area contributed by atoms with E-state index in [4.69, 9.17) is 10.5 Å². The van der Waals surface area contributed by atoms with Gasteiger partial charge in [-0.15, -0.1) is 0 Å². The minimum absolute atomic E-state index is 0.0244. The van der Waals surface area contributed by atoms with Gasteiger partial charge in [0.1, 0.15) is 0 Å². The zero-order valence-corrected chi connectivity index (χ0v) is 11.1. The lowest BCUT2D eigenvalue weighted by Gasteiger charge is -2.30. The zero-order chi connectivity index (χ0) is 11.9. The van der Waals surface area contributed by atoms with Crippen LogP contribution in [0.3, 0.4) is 0 Å². The summed E-state index contributed by atoms with van der Waals surface area (Å²) in [5.41, 5.74) is 6.20. The van der Waals surface area contributed by atoms with Crippen molar-refractivity contribution in [2.45, 2.75) is 83.3 Å². The normalized spacial score (nSPS) is 27.2. The van der Waals surface area contributed by atoms with E-state index in [1.54, 1.807) is 0 Å². The molecule has 0 aromatic heterocycles. The summed E-state index contributed by atoms with van der Waals surface area (Å²) in [5.74, 6) is 0. The molecule has 0 amide bonds. The molecule has 2 unspecified atom stereocenters. The molecule has 2 heteroatoms. The highest BCUT2D eigenvalue weighted by atomic mass is 16.5. The van der Waals surface area contributed by atoms with Crippen molar-refractivity contribution in [1.82, 2.24) is 0 Å². The van der Waals surface area contributed by atoms with Gasteiger partial charge < -0.3 is 10.5 Å². The minimum atomic E-state index is -0.0244. The first-order valence-corrected chi connectivity index (χ1v) is 7.08. The zero-order valence-electron chi connectivity index (χ0n) is 11.1. The topological polar surface area (TPSA) is 35.2 Å². The van der Waals surface area contributed by atoms with Gasteiger partial charge >= 0.3 is 0 Å². The van der Waals surface area contributed by atoms with Gasteiger partial charge in [-0.25, -0.2) is 0 Å². The molecule has 1 aliphatic heterocycles. The van der Waals surface area contributed by atoms with Crippen molar-refractivity contribution < 1.29 is 4.74 Å². The van der Waals surface area contributed by atoms with Crippen LogP contribution in [0.15, 0.2) is 0 Å². The van der Waals surface area contributed by atoms with E-state index in [0.29, 0.717) is 0 Å². The van der Waals surface area contributed by atoms with Crippen molar-refractivity contribution in [2.24, 2.45) is 5.73 Å². The Hall–Kier alpha value is -0.0800. The van der Waals surface area contributed by atoms with E-state index < -0.39 is 0 Å². The van der Waals surface area contributed by atoms with Gasteiger partial charge in [0, 0.05) is 12.6 Å². The molecule has 16 heavy (non-hydrogen) atoms. The average molecular weight is 227 g/mol. The summed E-state index contributed by atoms with van der Waals surface area (Å²) >= 11 is 0. The third-order valence-corrected chi connectivity index (χ3v) is 3.90. The Bertz CT molecular complexity index is 176. The van der Waals surface area contributed by atoms with Crippen LogP contribution in [0.2, 0.25) is 0 Å². The molecular formula is C14H29NO. The molecule has 0 aromatic carbocycles. The summed E-state index contributed by atoms with van der Waals surface area (Å²) < 4.78 is 5.77. The van der Waals surface area contributed by atoms with Gasteiger partial charge in [-0.05, 0) is 26.2 Å².